The van der Waals surface area contributed by atoms with Gasteiger partial charge >= 0.3 is 12.2 Å². The second-order valence-corrected chi connectivity index (χ2v) is 16.6. The minimum Gasteiger partial charge on any atom is -0.446 e. The van der Waals surface area contributed by atoms with Crippen LogP contribution >= 0.6 is 0 Å². The Labute approximate surface area is 295 Å². The summed E-state index contributed by atoms with van der Waals surface area (Å²) in [7, 11) is -3.91. The van der Waals surface area contributed by atoms with Crippen LogP contribution in [0.25, 0.3) is 0 Å². The lowest BCUT2D eigenvalue weighted by molar-refractivity contribution is -0.141. The first-order chi connectivity index (χ1) is 24.4. The van der Waals surface area contributed by atoms with Gasteiger partial charge in [-0.1, -0.05) is 37.1 Å². The number of hydrogen-bond acceptors (Lipinski definition) is 9. The molecule has 4 fully saturated rings. The summed E-state index contributed by atoms with van der Waals surface area (Å²) in [5.74, 6) is -3.00. The van der Waals surface area contributed by atoms with Gasteiger partial charge < -0.3 is 25.0 Å². The number of carbonyl (C=O) groups excluding carboxylic acids is 5. The van der Waals surface area contributed by atoms with Gasteiger partial charge in [-0.15, -0.1) is 0 Å². The lowest BCUT2D eigenvalue weighted by Crippen LogP contribution is -2.58. The van der Waals surface area contributed by atoms with E-state index in [0.29, 0.717) is 36.8 Å². The number of benzene rings is 1. The quantitative estimate of drug-likeness (QED) is 0.371. The fourth-order valence-corrected chi connectivity index (χ4v) is 8.75. The summed E-state index contributed by atoms with van der Waals surface area (Å²) in [5, 5.41) is 4.85. The molecule has 3 saturated carbocycles. The third-order valence-electron chi connectivity index (χ3n) is 10.9. The van der Waals surface area contributed by atoms with Crippen molar-refractivity contribution in [3.05, 3.63) is 47.3 Å². The van der Waals surface area contributed by atoms with Crippen molar-refractivity contribution in [2.45, 2.75) is 125 Å². The highest BCUT2D eigenvalue weighted by molar-refractivity contribution is 7.91. The van der Waals surface area contributed by atoms with Crippen LogP contribution in [0.15, 0.2) is 30.4 Å². The second kappa shape index (κ2) is 14.1. The average molecular weight is 730 g/mol. The summed E-state index contributed by atoms with van der Waals surface area (Å²) < 4.78 is 53.3. The smallest absolute Gasteiger partial charge is 0.410 e. The highest BCUT2D eigenvalue weighted by Gasteiger charge is 2.62. The van der Waals surface area contributed by atoms with E-state index in [9.17, 15) is 36.8 Å². The van der Waals surface area contributed by atoms with Crippen LogP contribution in [0.1, 0.15) is 88.2 Å². The molecule has 1 aromatic rings. The van der Waals surface area contributed by atoms with Gasteiger partial charge in [-0.2, -0.15) is 0 Å². The van der Waals surface area contributed by atoms with Crippen LogP contribution in [-0.4, -0.2) is 89.8 Å². The van der Waals surface area contributed by atoms with E-state index in [1.165, 1.54) is 15.9 Å². The predicted molar refractivity (Wildman–Crippen MR) is 178 cm³/mol. The van der Waals surface area contributed by atoms with Crippen molar-refractivity contribution in [1.29, 1.82) is 0 Å². The Morgan fingerprint density at radius 2 is 1.76 bits per heavy atom. The van der Waals surface area contributed by atoms with Crippen molar-refractivity contribution in [2.24, 2.45) is 5.92 Å². The molecule has 14 nitrogen and oxygen atoms in total. The van der Waals surface area contributed by atoms with Crippen molar-refractivity contribution in [3.63, 3.8) is 0 Å². The molecule has 1 aromatic carbocycles. The topological polar surface area (TPSA) is 181 Å². The average Bonchev–Trinajstić information content (AvgIpc) is 3.95. The van der Waals surface area contributed by atoms with Crippen LogP contribution in [0.4, 0.5) is 14.0 Å². The van der Waals surface area contributed by atoms with E-state index >= 15 is 0 Å². The third-order valence-corrected chi connectivity index (χ3v) is 12.7. The molecule has 1 saturated heterocycles. The number of halogens is 1. The van der Waals surface area contributed by atoms with E-state index in [1.807, 2.05) is 12.2 Å². The molecule has 1 unspecified atom stereocenters. The first-order valence-corrected chi connectivity index (χ1v) is 19.5. The minimum absolute atomic E-state index is 0.00548. The molecular formula is C35H44FN5O9S. The summed E-state index contributed by atoms with van der Waals surface area (Å²) >= 11 is 0. The largest absolute Gasteiger partial charge is 0.446 e. The maximum Gasteiger partial charge on any atom is 0.410 e. The van der Waals surface area contributed by atoms with Crippen molar-refractivity contribution in [1.82, 2.24) is 25.2 Å². The van der Waals surface area contributed by atoms with Gasteiger partial charge in [0, 0.05) is 24.4 Å². The van der Waals surface area contributed by atoms with Gasteiger partial charge in [-0.05, 0) is 69.4 Å². The highest BCUT2D eigenvalue weighted by Crippen LogP contribution is 2.46. The molecule has 0 radical (unpaired) electrons. The lowest BCUT2D eigenvalue weighted by atomic mass is 9.96. The van der Waals surface area contributed by atoms with Crippen LogP contribution in [0.3, 0.4) is 0 Å². The summed E-state index contributed by atoms with van der Waals surface area (Å²) in [5.41, 5.74) is -0.496. The van der Waals surface area contributed by atoms with Crippen LogP contribution < -0.4 is 15.4 Å². The molecule has 5 amide bonds. The number of hydrogen-bond donors (Lipinski definition) is 3. The van der Waals surface area contributed by atoms with Crippen LogP contribution in [0.5, 0.6) is 0 Å². The third kappa shape index (κ3) is 7.56. The molecular weight excluding hydrogens is 685 g/mol. The fraction of sp³-hybridized carbons (Fsp3) is 0.629. The fourth-order valence-electron chi connectivity index (χ4n) is 7.39. The molecule has 3 aliphatic heterocycles. The zero-order valence-electron chi connectivity index (χ0n) is 28.3. The molecule has 16 heteroatoms. The van der Waals surface area contributed by atoms with Gasteiger partial charge in [-0.3, -0.25) is 24.0 Å². The molecule has 5 atom stereocenters. The Hall–Kier alpha value is -4.21. The lowest BCUT2D eigenvalue weighted by Gasteiger charge is -2.31. The van der Waals surface area contributed by atoms with E-state index < -0.39 is 80.6 Å². The van der Waals surface area contributed by atoms with Crippen LogP contribution in [0, 0.1) is 11.7 Å². The standard InChI is InChI=1S/C35H44FN5O9S/c36-27-12-6-8-21-18-40(20-26(21)27)34(46)50-24-16-29-30(42)38-35(32(44)39-51(47,48)25-14-15-25)17-22(35)9-4-2-1-3-5-13-28(31(43)41(29)19-24)37-33(45)49-23-10-7-11-23/h4,6,8-9,12,22-25,28-29H,1-3,5,7,10-11,13-20H2,(H,37,45)(H,38,42)(H,39,44)/b9-4-/t22?,24-,28-,29+,35-/m1/s1. The van der Waals surface area contributed by atoms with Crippen molar-refractivity contribution in [2.75, 3.05) is 6.54 Å². The molecule has 3 heterocycles. The van der Waals surface area contributed by atoms with Crippen molar-refractivity contribution in [3.8, 4) is 0 Å². The van der Waals surface area contributed by atoms with Crippen LogP contribution in [-0.2, 0) is 47.0 Å². The zero-order chi connectivity index (χ0) is 35.9. The molecule has 0 spiro atoms. The van der Waals surface area contributed by atoms with Crippen LogP contribution in [0.2, 0.25) is 0 Å². The van der Waals surface area contributed by atoms with Gasteiger partial charge in [0.05, 0.1) is 18.3 Å². The number of ether oxygens (including phenoxy) is 2. The molecule has 3 aliphatic carbocycles. The van der Waals surface area contributed by atoms with Gasteiger partial charge in [-0.25, -0.2) is 22.4 Å². The monoisotopic (exact) mass is 729 g/mol. The summed E-state index contributed by atoms with van der Waals surface area (Å²) in [6.45, 7) is -0.0334. The minimum atomic E-state index is -3.91. The van der Waals surface area contributed by atoms with E-state index in [-0.39, 0.29) is 45.0 Å². The van der Waals surface area contributed by atoms with Gasteiger partial charge in [0.1, 0.15) is 35.6 Å². The molecule has 0 aromatic heterocycles. The Balaban J connectivity index is 1.12. The zero-order valence-corrected chi connectivity index (χ0v) is 29.1. The molecule has 3 N–H and O–H groups in total. The Bertz CT molecular complexity index is 1730. The number of rotatable bonds is 6. The summed E-state index contributed by atoms with van der Waals surface area (Å²) in [6, 6.07) is 2.37. The number of alkyl carbamates (subject to hydrolysis) is 1. The van der Waals surface area contributed by atoms with Gasteiger partial charge in [0.25, 0.3) is 5.91 Å². The molecule has 7 rings (SSSR count). The SMILES string of the molecule is O=C(N[C@@H]1CCCCC/C=C\C2C[C@@]2(C(=O)NS(=O)(=O)C2CC2)NC(=O)[C@@H]2C[C@@H](OC(=O)N3Cc4cccc(F)c4C3)CN2C1=O)OC1CCC1. The van der Waals surface area contributed by atoms with E-state index in [2.05, 4.69) is 15.4 Å². The maximum absolute atomic E-state index is 14.4. The van der Waals surface area contributed by atoms with Gasteiger partial charge in [0.15, 0.2) is 0 Å². The van der Waals surface area contributed by atoms with E-state index in [1.54, 1.807) is 12.1 Å². The summed E-state index contributed by atoms with van der Waals surface area (Å²) in [4.78, 5) is 70.8. The Kier molecular flexibility index (Phi) is 9.71. The highest BCUT2D eigenvalue weighted by atomic mass is 32.2. The van der Waals surface area contributed by atoms with Gasteiger partial charge in [0.2, 0.25) is 21.8 Å². The number of allylic oxidation sites excluding steroid dienone is 1. The Morgan fingerprint density at radius 3 is 2.49 bits per heavy atom. The van der Waals surface area contributed by atoms with Crippen molar-refractivity contribution < 1.29 is 46.3 Å². The first kappa shape index (κ1) is 35.2. The molecule has 0 bridgehead atoms. The number of sulfonamides is 1. The second-order valence-electron chi connectivity index (χ2n) is 14.6. The number of nitrogens with zero attached hydrogens (tertiary/aromatic N) is 2. The predicted octanol–water partition coefficient (Wildman–Crippen LogP) is 2.90. The molecule has 6 aliphatic rings. The van der Waals surface area contributed by atoms with E-state index in [0.717, 1.165) is 32.1 Å². The van der Waals surface area contributed by atoms with E-state index in [4.69, 9.17) is 9.47 Å². The number of amides is 5. The first-order valence-electron chi connectivity index (χ1n) is 18.0. The Morgan fingerprint density at radius 1 is 0.961 bits per heavy atom. The molecule has 51 heavy (non-hydrogen) atoms. The van der Waals surface area contributed by atoms with Crippen molar-refractivity contribution >= 4 is 39.9 Å². The number of fused-ring (bicyclic) bond motifs is 3. The summed E-state index contributed by atoms with van der Waals surface area (Å²) in [6.07, 6.45) is 7.57. The number of carbonyl (C=O) groups is 5. The molecule has 276 valence electrons. The number of nitrogens with one attached hydrogen (secondary N) is 3. The maximum atomic E-state index is 14.4. The normalized spacial score (nSPS) is 30.3.